The number of rotatable bonds is 5. The Morgan fingerprint density at radius 3 is 3.00 bits per heavy atom. The number of hydrogen-bond acceptors (Lipinski definition) is 2. The lowest BCUT2D eigenvalue weighted by molar-refractivity contribution is 0.544. The molecule has 0 aromatic carbocycles. The minimum Gasteiger partial charge on any atom is -0.309 e. The molecule has 3 heteroatoms. The van der Waals surface area contributed by atoms with E-state index in [0.717, 1.165) is 19.4 Å². The van der Waals surface area contributed by atoms with Crippen LogP contribution in [0.3, 0.4) is 0 Å². The van der Waals surface area contributed by atoms with Gasteiger partial charge in [0.25, 0.3) is 0 Å². The van der Waals surface area contributed by atoms with Crippen molar-refractivity contribution in [3.05, 3.63) is 19.9 Å². The van der Waals surface area contributed by atoms with Crippen molar-refractivity contribution in [3.63, 3.8) is 0 Å². The number of nitrogens with one attached hydrogen (secondary N) is 1. The summed E-state index contributed by atoms with van der Waals surface area (Å²) in [7, 11) is 0. The van der Waals surface area contributed by atoms with Gasteiger partial charge in [0.05, 0.1) is 2.88 Å². The Morgan fingerprint density at radius 1 is 1.71 bits per heavy atom. The standard InChI is InChI=1S/C11H14INS/c1-3-5-10(13-6-4-2)9-7-11(12)14-8-9/h1,7-8,10,13H,4-6H2,2H3. The van der Waals surface area contributed by atoms with Gasteiger partial charge in [0.2, 0.25) is 0 Å². The number of thiophene rings is 1. The van der Waals surface area contributed by atoms with Gasteiger partial charge in [-0.05, 0) is 52.6 Å². The lowest BCUT2D eigenvalue weighted by Crippen LogP contribution is -2.21. The highest BCUT2D eigenvalue weighted by Gasteiger charge is 2.10. The summed E-state index contributed by atoms with van der Waals surface area (Å²) in [6, 6.07) is 2.54. The van der Waals surface area contributed by atoms with Gasteiger partial charge in [0, 0.05) is 12.5 Å². The first-order valence-corrected chi connectivity index (χ1v) is 6.64. The van der Waals surface area contributed by atoms with Gasteiger partial charge in [-0.1, -0.05) is 6.92 Å². The smallest absolute Gasteiger partial charge is 0.0656 e. The molecule has 1 atom stereocenters. The van der Waals surface area contributed by atoms with E-state index in [4.69, 9.17) is 6.42 Å². The van der Waals surface area contributed by atoms with Crippen LogP contribution in [-0.2, 0) is 0 Å². The van der Waals surface area contributed by atoms with Crippen molar-refractivity contribution in [2.75, 3.05) is 6.54 Å². The molecule has 76 valence electrons. The third-order valence-corrected chi connectivity index (χ3v) is 3.76. The molecule has 1 nitrogen and oxygen atoms in total. The Kier molecular flexibility index (Phi) is 5.53. The van der Waals surface area contributed by atoms with Crippen LogP contribution >= 0.6 is 33.9 Å². The van der Waals surface area contributed by atoms with Crippen molar-refractivity contribution < 1.29 is 0 Å². The van der Waals surface area contributed by atoms with Crippen LogP contribution in [0.2, 0.25) is 0 Å². The Hall–Kier alpha value is -0.0500. The van der Waals surface area contributed by atoms with Crippen LogP contribution in [0, 0.1) is 15.2 Å². The Labute approximate surface area is 103 Å². The minimum absolute atomic E-state index is 0.333. The zero-order chi connectivity index (χ0) is 10.4. The molecule has 0 amide bonds. The summed E-state index contributed by atoms with van der Waals surface area (Å²) >= 11 is 4.11. The Bertz CT molecular complexity index is 313. The second-order valence-corrected chi connectivity index (χ2v) is 5.90. The molecule has 14 heavy (non-hydrogen) atoms. The van der Waals surface area contributed by atoms with E-state index in [0.29, 0.717) is 6.04 Å². The van der Waals surface area contributed by atoms with Gasteiger partial charge in [-0.3, -0.25) is 0 Å². The van der Waals surface area contributed by atoms with Crippen molar-refractivity contribution in [1.29, 1.82) is 0 Å². The third-order valence-electron chi connectivity index (χ3n) is 1.95. The van der Waals surface area contributed by atoms with E-state index in [-0.39, 0.29) is 0 Å². The van der Waals surface area contributed by atoms with E-state index in [1.54, 1.807) is 11.3 Å². The predicted molar refractivity (Wildman–Crippen MR) is 71.5 cm³/mol. The molecule has 0 aliphatic carbocycles. The van der Waals surface area contributed by atoms with Gasteiger partial charge < -0.3 is 5.32 Å². The van der Waals surface area contributed by atoms with Crippen LogP contribution in [0.1, 0.15) is 31.4 Å². The fourth-order valence-electron chi connectivity index (χ4n) is 1.25. The molecule has 0 fully saturated rings. The lowest BCUT2D eigenvalue weighted by Gasteiger charge is -2.14. The third kappa shape index (κ3) is 3.60. The normalized spacial score (nSPS) is 12.4. The highest BCUT2D eigenvalue weighted by molar-refractivity contribution is 14.1. The molecular formula is C11H14INS. The topological polar surface area (TPSA) is 12.0 Å². The lowest BCUT2D eigenvalue weighted by atomic mass is 10.1. The molecule has 0 radical (unpaired) electrons. The summed E-state index contributed by atoms with van der Waals surface area (Å²) in [4.78, 5) is 0. The van der Waals surface area contributed by atoms with Gasteiger partial charge in [-0.15, -0.1) is 23.7 Å². The van der Waals surface area contributed by atoms with Gasteiger partial charge >= 0.3 is 0 Å². The maximum atomic E-state index is 5.36. The first kappa shape index (κ1) is 12.0. The van der Waals surface area contributed by atoms with Crippen LogP contribution in [-0.4, -0.2) is 6.54 Å². The monoisotopic (exact) mass is 319 g/mol. The van der Waals surface area contributed by atoms with Crippen molar-refractivity contribution >= 4 is 33.9 Å². The fourth-order valence-corrected chi connectivity index (χ4v) is 2.68. The van der Waals surface area contributed by atoms with E-state index in [1.807, 2.05) is 0 Å². The van der Waals surface area contributed by atoms with Crippen molar-refractivity contribution in [3.8, 4) is 12.3 Å². The van der Waals surface area contributed by atoms with Crippen molar-refractivity contribution in [2.24, 2.45) is 0 Å². The minimum atomic E-state index is 0.333. The molecule has 0 saturated heterocycles. The quantitative estimate of drug-likeness (QED) is 0.648. The van der Waals surface area contributed by atoms with Gasteiger partial charge in [0.1, 0.15) is 0 Å². The molecule has 1 aromatic rings. The number of terminal acetylenes is 1. The van der Waals surface area contributed by atoms with Crippen LogP contribution in [0.4, 0.5) is 0 Å². The molecule has 0 spiro atoms. The SMILES string of the molecule is C#CCC(NCCC)c1csc(I)c1. The molecule has 0 aliphatic rings. The van der Waals surface area contributed by atoms with Gasteiger partial charge in [-0.2, -0.15) is 0 Å². The molecule has 0 saturated carbocycles. The van der Waals surface area contributed by atoms with Crippen LogP contribution < -0.4 is 5.32 Å². The van der Waals surface area contributed by atoms with Crippen LogP contribution in [0.5, 0.6) is 0 Å². The maximum absolute atomic E-state index is 5.36. The molecule has 1 heterocycles. The molecular weight excluding hydrogens is 305 g/mol. The summed E-state index contributed by atoms with van der Waals surface area (Å²) in [5.74, 6) is 2.72. The van der Waals surface area contributed by atoms with Crippen molar-refractivity contribution in [1.82, 2.24) is 5.32 Å². The average molecular weight is 319 g/mol. The molecule has 1 unspecified atom stereocenters. The second-order valence-electron chi connectivity index (χ2n) is 3.10. The van der Waals surface area contributed by atoms with E-state index in [2.05, 4.69) is 52.2 Å². The molecule has 1 N–H and O–H groups in total. The summed E-state index contributed by atoms with van der Waals surface area (Å²) in [5, 5.41) is 5.65. The molecule has 0 aliphatic heterocycles. The highest BCUT2D eigenvalue weighted by atomic mass is 127. The average Bonchev–Trinajstić information content (AvgIpc) is 2.59. The van der Waals surface area contributed by atoms with E-state index < -0.39 is 0 Å². The number of halogens is 1. The highest BCUT2D eigenvalue weighted by Crippen LogP contribution is 2.24. The summed E-state index contributed by atoms with van der Waals surface area (Å²) in [6.07, 6.45) is 7.27. The largest absolute Gasteiger partial charge is 0.309 e. The van der Waals surface area contributed by atoms with Crippen molar-refractivity contribution in [2.45, 2.75) is 25.8 Å². The van der Waals surface area contributed by atoms with Crippen LogP contribution in [0.25, 0.3) is 0 Å². The zero-order valence-corrected chi connectivity index (χ0v) is 11.2. The zero-order valence-electron chi connectivity index (χ0n) is 8.22. The predicted octanol–water partition coefficient (Wildman–Crippen LogP) is 3.42. The summed E-state index contributed by atoms with van der Waals surface area (Å²) in [5.41, 5.74) is 1.32. The molecule has 1 aromatic heterocycles. The fraction of sp³-hybridized carbons (Fsp3) is 0.455. The first-order chi connectivity index (χ1) is 6.77. The summed E-state index contributed by atoms with van der Waals surface area (Å²) in [6.45, 7) is 3.19. The van der Waals surface area contributed by atoms with Crippen LogP contribution in [0.15, 0.2) is 11.4 Å². The van der Waals surface area contributed by atoms with Gasteiger partial charge in [-0.25, -0.2) is 0 Å². The maximum Gasteiger partial charge on any atom is 0.0656 e. The van der Waals surface area contributed by atoms with E-state index in [1.165, 1.54) is 8.45 Å². The molecule has 1 rings (SSSR count). The van der Waals surface area contributed by atoms with E-state index >= 15 is 0 Å². The molecule has 0 bridgehead atoms. The Balaban J connectivity index is 2.63. The first-order valence-electron chi connectivity index (χ1n) is 4.68. The number of hydrogen-bond donors (Lipinski definition) is 1. The summed E-state index contributed by atoms with van der Waals surface area (Å²) < 4.78 is 1.32. The second kappa shape index (κ2) is 6.44. The van der Waals surface area contributed by atoms with Gasteiger partial charge in [0.15, 0.2) is 0 Å². The Morgan fingerprint density at radius 2 is 2.50 bits per heavy atom. The van der Waals surface area contributed by atoms with E-state index in [9.17, 15) is 0 Å².